The average molecular weight is 350 g/mol. The summed E-state index contributed by atoms with van der Waals surface area (Å²) in [6.07, 6.45) is 8.57. The van der Waals surface area contributed by atoms with Crippen LogP contribution in [0.3, 0.4) is 0 Å². The average Bonchev–Trinajstić information content (AvgIpc) is 3.07. The monoisotopic (exact) mass is 349 g/mol. The van der Waals surface area contributed by atoms with Gasteiger partial charge in [0.2, 0.25) is 10.0 Å². The molecule has 0 spiro atoms. The van der Waals surface area contributed by atoms with E-state index >= 15 is 0 Å². The summed E-state index contributed by atoms with van der Waals surface area (Å²) < 4.78 is 26.0. The maximum absolute atomic E-state index is 12.2. The van der Waals surface area contributed by atoms with Crippen LogP contribution in [0.2, 0.25) is 0 Å². The third-order valence-electron chi connectivity index (χ3n) is 5.34. The zero-order valence-corrected chi connectivity index (χ0v) is 15.0. The summed E-state index contributed by atoms with van der Waals surface area (Å²) in [5.41, 5.74) is 1.26. The highest BCUT2D eigenvalue weighted by atomic mass is 32.2. The van der Waals surface area contributed by atoms with E-state index in [1.807, 2.05) is 18.5 Å². The summed E-state index contributed by atoms with van der Waals surface area (Å²) in [6, 6.07) is 4.11. The molecule has 0 radical (unpaired) electrons. The van der Waals surface area contributed by atoms with Crippen molar-refractivity contribution in [1.29, 1.82) is 0 Å². The van der Waals surface area contributed by atoms with Crippen LogP contribution >= 0.6 is 0 Å². The topological polar surface area (TPSA) is 53.5 Å². The van der Waals surface area contributed by atoms with E-state index in [0.717, 1.165) is 26.1 Å². The minimum atomic E-state index is -3.14. The molecular formula is C18H27N3O2S. The first-order chi connectivity index (χ1) is 11.6. The van der Waals surface area contributed by atoms with Crippen LogP contribution in [-0.4, -0.2) is 54.5 Å². The van der Waals surface area contributed by atoms with Crippen LogP contribution in [-0.2, 0) is 16.6 Å². The van der Waals surface area contributed by atoms with Gasteiger partial charge in [0.15, 0.2) is 0 Å². The smallest absolute Gasteiger partial charge is 0.217 e. The Kier molecular flexibility index (Phi) is 5.69. The zero-order chi connectivity index (χ0) is 17.0. The van der Waals surface area contributed by atoms with Crippen LogP contribution < -0.4 is 0 Å². The highest BCUT2D eigenvalue weighted by molar-refractivity contribution is 7.89. The Hall–Kier alpha value is -1.24. The fraction of sp³-hybridized carbons (Fsp3) is 0.611. The van der Waals surface area contributed by atoms with Gasteiger partial charge in [-0.2, -0.15) is 0 Å². The molecule has 0 aromatic carbocycles. The fourth-order valence-electron chi connectivity index (χ4n) is 3.98. The van der Waals surface area contributed by atoms with E-state index in [2.05, 4.69) is 22.5 Å². The van der Waals surface area contributed by atoms with E-state index in [4.69, 9.17) is 0 Å². The van der Waals surface area contributed by atoms with Crippen molar-refractivity contribution in [2.45, 2.75) is 25.8 Å². The Morgan fingerprint density at radius 3 is 2.62 bits per heavy atom. The van der Waals surface area contributed by atoms with Gasteiger partial charge >= 0.3 is 0 Å². The molecule has 0 N–H and O–H groups in total. The maximum Gasteiger partial charge on any atom is 0.217 e. The zero-order valence-electron chi connectivity index (χ0n) is 14.2. The van der Waals surface area contributed by atoms with Crippen LogP contribution in [0.15, 0.2) is 37.2 Å². The molecule has 0 aliphatic carbocycles. The van der Waals surface area contributed by atoms with Crippen LogP contribution in [0.1, 0.15) is 24.8 Å². The van der Waals surface area contributed by atoms with Crippen LogP contribution in [0.25, 0.3) is 0 Å². The van der Waals surface area contributed by atoms with Gasteiger partial charge < -0.3 is 0 Å². The molecule has 1 unspecified atom stereocenters. The van der Waals surface area contributed by atoms with E-state index < -0.39 is 10.0 Å². The number of hydrogen-bond donors (Lipinski definition) is 0. The minimum Gasteiger partial charge on any atom is -0.299 e. The second-order valence-electron chi connectivity index (χ2n) is 6.95. The van der Waals surface area contributed by atoms with Gasteiger partial charge in [0, 0.05) is 32.0 Å². The van der Waals surface area contributed by atoms with Crippen molar-refractivity contribution in [3.63, 3.8) is 0 Å². The van der Waals surface area contributed by atoms with Gasteiger partial charge in [0.25, 0.3) is 0 Å². The SMILES string of the molecule is C=CCS(=O)(=O)N1CCC(C2CCN(Cc3cccnc3)CC2)C1. The number of sulfonamides is 1. The molecule has 1 atom stereocenters. The predicted octanol–water partition coefficient (Wildman–Crippen LogP) is 2.13. The number of aromatic nitrogens is 1. The molecule has 3 rings (SSSR count). The molecule has 0 amide bonds. The molecule has 1 aromatic heterocycles. The van der Waals surface area contributed by atoms with Gasteiger partial charge in [0.05, 0.1) is 5.75 Å². The molecule has 24 heavy (non-hydrogen) atoms. The van der Waals surface area contributed by atoms with Crippen molar-refractivity contribution < 1.29 is 8.42 Å². The Balaban J connectivity index is 1.48. The van der Waals surface area contributed by atoms with E-state index in [9.17, 15) is 8.42 Å². The highest BCUT2D eigenvalue weighted by Crippen LogP contribution is 2.33. The Morgan fingerprint density at radius 1 is 1.21 bits per heavy atom. The number of pyridine rings is 1. The van der Waals surface area contributed by atoms with E-state index in [1.54, 1.807) is 4.31 Å². The first kappa shape index (κ1) is 17.6. The second kappa shape index (κ2) is 7.76. The number of hydrogen-bond acceptors (Lipinski definition) is 4. The largest absolute Gasteiger partial charge is 0.299 e. The van der Waals surface area contributed by atoms with Crippen molar-refractivity contribution in [3.05, 3.63) is 42.7 Å². The van der Waals surface area contributed by atoms with E-state index in [-0.39, 0.29) is 5.75 Å². The Labute approximate surface area is 145 Å². The van der Waals surface area contributed by atoms with E-state index in [1.165, 1.54) is 24.5 Å². The molecular weight excluding hydrogens is 322 g/mol. The third kappa shape index (κ3) is 4.23. The van der Waals surface area contributed by atoms with Gasteiger partial charge in [0.1, 0.15) is 0 Å². The van der Waals surface area contributed by atoms with Crippen molar-refractivity contribution in [3.8, 4) is 0 Å². The summed E-state index contributed by atoms with van der Waals surface area (Å²) in [5.74, 6) is 1.23. The lowest BCUT2D eigenvalue weighted by molar-refractivity contribution is 0.144. The van der Waals surface area contributed by atoms with Gasteiger partial charge in [-0.1, -0.05) is 12.1 Å². The molecule has 0 saturated carbocycles. The van der Waals surface area contributed by atoms with Gasteiger partial charge in [-0.25, -0.2) is 12.7 Å². The molecule has 0 bridgehead atoms. The Morgan fingerprint density at radius 2 is 1.96 bits per heavy atom. The van der Waals surface area contributed by atoms with Crippen molar-refractivity contribution >= 4 is 10.0 Å². The number of likely N-dealkylation sites (tertiary alicyclic amines) is 1. The van der Waals surface area contributed by atoms with Gasteiger partial charge in [-0.15, -0.1) is 6.58 Å². The lowest BCUT2D eigenvalue weighted by Gasteiger charge is -2.34. The summed E-state index contributed by atoms with van der Waals surface area (Å²) >= 11 is 0. The Bertz CT molecular complexity index is 639. The first-order valence-electron chi connectivity index (χ1n) is 8.78. The van der Waals surface area contributed by atoms with Gasteiger partial charge in [-0.3, -0.25) is 9.88 Å². The third-order valence-corrected chi connectivity index (χ3v) is 7.11. The molecule has 6 heteroatoms. The second-order valence-corrected chi connectivity index (χ2v) is 8.96. The molecule has 3 heterocycles. The summed E-state index contributed by atoms with van der Waals surface area (Å²) in [6.45, 7) is 8.08. The molecule has 132 valence electrons. The summed E-state index contributed by atoms with van der Waals surface area (Å²) in [4.78, 5) is 6.66. The van der Waals surface area contributed by atoms with Crippen LogP contribution in [0.5, 0.6) is 0 Å². The summed E-state index contributed by atoms with van der Waals surface area (Å²) in [7, 11) is -3.14. The van der Waals surface area contributed by atoms with Crippen molar-refractivity contribution in [1.82, 2.24) is 14.2 Å². The molecule has 5 nitrogen and oxygen atoms in total. The van der Waals surface area contributed by atoms with Crippen LogP contribution in [0, 0.1) is 11.8 Å². The lowest BCUT2D eigenvalue weighted by atomic mass is 9.84. The van der Waals surface area contributed by atoms with E-state index in [0.29, 0.717) is 24.9 Å². The lowest BCUT2D eigenvalue weighted by Crippen LogP contribution is -2.37. The molecule has 1 aromatic rings. The first-order valence-corrected chi connectivity index (χ1v) is 10.4. The van der Waals surface area contributed by atoms with Crippen LogP contribution in [0.4, 0.5) is 0 Å². The standard InChI is InChI=1S/C18H27N3O2S/c1-2-12-24(22,23)21-11-7-18(15-21)17-5-9-20(10-6-17)14-16-4-3-8-19-13-16/h2-4,8,13,17-18H,1,5-7,9-12,14-15H2. The molecule has 2 saturated heterocycles. The molecule has 2 aliphatic heterocycles. The summed E-state index contributed by atoms with van der Waals surface area (Å²) in [5, 5.41) is 0. The number of piperidine rings is 1. The van der Waals surface area contributed by atoms with Crippen molar-refractivity contribution in [2.75, 3.05) is 31.9 Å². The normalized spacial score (nSPS) is 24.2. The molecule has 2 aliphatic rings. The highest BCUT2D eigenvalue weighted by Gasteiger charge is 2.35. The predicted molar refractivity (Wildman–Crippen MR) is 95.9 cm³/mol. The minimum absolute atomic E-state index is 0.0588. The maximum atomic E-state index is 12.2. The van der Waals surface area contributed by atoms with Crippen molar-refractivity contribution in [2.24, 2.45) is 11.8 Å². The van der Waals surface area contributed by atoms with Gasteiger partial charge in [-0.05, 0) is 55.8 Å². The molecule has 2 fully saturated rings. The fourth-order valence-corrected chi connectivity index (χ4v) is 5.29. The quantitative estimate of drug-likeness (QED) is 0.738. The number of rotatable bonds is 6. The number of nitrogens with zero attached hydrogens (tertiary/aromatic N) is 3.